The smallest absolute Gasteiger partial charge is 0.133 e. The molecule has 1 saturated carbocycles. The number of Topliss-reactive ketones (excluding diaryl/α,β-unsaturated/α-hetero) is 1. The molecule has 144 valence electrons. The van der Waals surface area contributed by atoms with E-state index >= 15 is 0 Å². The van der Waals surface area contributed by atoms with Crippen LogP contribution in [-0.4, -0.2) is 28.2 Å². The van der Waals surface area contributed by atoms with Gasteiger partial charge in [0.2, 0.25) is 0 Å². The molecule has 3 nitrogen and oxygen atoms in total. The molecule has 1 aromatic carbocycles. The van der Waals surface area contributed by atoms with Crippen LogP contribution in [0, 0.1) is 11.8 Å². The third-order valence-electron chi connectivity index (χ3n) is 5.61. The fourth-order valence-corrected chi connectivity index (χ4v) is 3.98. The van der Waals surface area contributed by atoms with Crippen molar-refractivity contribution in [2.24, 2.45) is 11.8 Å². The van der Waals surface area contributed by atoms with Crippen LogP contribution in [-0.2, 0) is 11.2 Å². The Morgan fingerprint density at radius 1 is 1.08 bits per heavy atom. The lowest BCUT2D eigenvalue weighted by molar-refractivity contribution is -0.119. The highest BCUT2D eigenvalue weighted by molar-refractivity contribution is 5.78. The summed E-state index contributed by atoms with van der Waals surface area (Å²) in [5.41, 5.74) is 1.19. The van der Waals surface area contributed by atoms with Gasteiger partial charge >= 0.3 is 0 Å². The fourth-order valence-electron chi connectivity index (χ4n) is 3.98. The van der Waals surface area contributed by atoms with Crippen molar-refractivity contribution >= 4 is 5.78 Å². The summed E-state index contributed by atoms with van der Waals surface area (Å²) < 4.78 is 0. The highest BCUT2D eigenvalue weighted by atomic mass is 16.3. The van der Waals surface area contributed by atoms with Crippen LogP contribution in [0.2, 0.25) is 0 Å². The Kier molecular flexibility index (Phi) is 9.07. The van der Waals surface area contributed by atoms with Gasteiger partial charge in [-0.25, -0.2) is 0 Å². The molecule has 1 aliphatic rings. The Morgan fingerprint density at radius 2 is 1.81 bits per heavy atom. The molecule has 3 heteroatoms. The summed E-state index contributed by atoms with van der Waals surface area (Å²) in [5, 5.41) is 20.6. The predicted molar refractivity (Wildman–Crippen MR) is 106 cm³/mol. The van der Waals surface area contributed by atoms with E-state index in [1.54, 1.807) is 0 Å². The van der Waals surface area contributed by atoms with Gasteiger partial charge < -0.3 is 10.2 Å². The van der Waals surface area contributed by atoms with Crippen LogP contribution >= 0.6 is 0 Å². The van der Waals surface area contributed by atoms with Crippen molar-refractivity contribution in [2.75, 3.05) is 0 Å². The van der Waals surface area contributed by atoms with Crippen LogP contribution in [0.5, 0.6) is 0 Å². The lowest BCUT2D eigenvalue weighted by atomic mass is 9.86. The second-order valence-corrected chi connectivity index (χ2v) is 7.61. The first-order valence-corrected chi connectivity index (χ1v) is 10.2. The van der Waals surface area contributed by atoms with Crippen LogP contribution in [0.3, 0.4) is 0 Å². The first-order valence-electron chi connectivity index (χ1n) is 10.2. The van der Waals surface area contributed by atoms with Crippen LogP contribution < -0.4 is 0 Å². The van der Waals surface area contributed by atoms with Crippen molar-refractivity contribution in [1.82, 2.24) is 0 Å². The van der Waals surface area contributed by atoms with E-state index in [1.807, 2.05) is 30.3 Å². The molecule has 0 unspecified atom stereocenters. The zero-order valence-corrected chi connectivity index (χ0v) is 16.0. The van der Waals surface area contributed by atoms with E-state index in [-0.39, 0.29) is 17.6 Å². The lowest BCUT2D eigenvalue weighted by Crippen LogP contribution is -2.22. The molecule has 0 radical (unpaired) electrons. The topological polar surface area (TPSA) is 57.5 Å². The highest BCUT2D eigenvalue weighted by Gasteiger charge is 2.40. The number of allylic oxidation sites excluding steroid dienone is 2. The molecule has 1 fully saturated rings. The minimum absolute atomic E-state index is 0.0292. The second kappa shape index (κ2) is 11.3. The number of aliphatic hydroxyl groups is 2. The van der Waals surface area contributed by atoms with Gasteiger partial charge in [0.25, 0.3) is 0 Å². The normalized spacial score (nSPS) is 25.8. The van der Waals surface area contributed by atoms with Crippen LogP contribution in [0.4, 0.5) is 0 Å². The van der Waals surface area contributed by atoms with E-state index in [9.17, 15) is 15.0 Å². The van der Waals surface area contributed by atoms with Gasteiger partial charge in [0.05, 0.1) is 12.2 Å². The number of hydrogen-bond donors (Lipinski definition) is 2. The van der Waals surface area contributed by atoms with Crippen molar-refractivity contribution in [3.8, 4) is 0 Å². The quantitative estimate of drug-likeness (QED) is 0.453. The Bertz CT molecular complexity index is 552. The zero-order valence-electron chi connectivity index (χ0n) is 16.0. The van der Waals surface area contributed by atoms with Gasteiger partial charge in [-0.2, -0.15) is 0 Å². The van der Waals surface area contributed by atoms with E-state index in [2.05, 4.69) is 19.1 Å². The van der Waals surface area contributed by atoms with Gasteiger partial charge in [-0.1, -0.05) is 62.2 Å². The van der Waals surface area contributed by atoms with Gasteiger partial charge in [-0.3, -0.25) is 4.79 Å². The van der Waals surface area contributed by atoms with Crippen LogP contribution in [0.15, 0.2) is 42.5 Å². The molecule has 0 bridgehead atoms. The first-order chi connectivity index (χ1) is 12.6. The molecular weight excluding hydrogens is 324 g/mol. The van der Waals surface area contributed by atoms with Crippen molar-refractivity contribution in [2.45, 2.75) is 76.9 Å². The van der Waals surface area contributed by atoms with Crippen molar-refractivity contribution < 1.29 is 15.0 Å². The number of carbonyl (C=O) groups excluding carboxylic acids is 1. The van der Waals surface area contributed by atoms with Crippen molar-refractivity contribution in [3.63, 3.8) is 0 Å². The Morgan fingerprint density at radius 3 is 2.54 bits per heavy atom. The van der Waals surface area contributed by atoms with Gasteiger partial charge in [0, 0.05) is 12.8 Å². The predicted octanol–water partition coefficient (Wildman–Crippen LogP) is 4.46. The summed E-state index contributed by atoms with van der Waals surface area (Å²) in [4.78, 5) is 12.2. The molecule has 1 aliphatic carbocycles. The van der Waals surface area contributed by atoms with Crippen molar-refractivity contribution in [3.05, 3.63) is 48.0 Å². The van der Waals surface area contributed by atoms with Crippen LogP contribution in [0.25, 0.3) is 0 Å². The monoisotopic (exact) mass is 358 g/mol. The van der Waals surface area contributed by atoms with Crippen LogP contribution in [0.1, 0.15) is 63.9 Å². The molecule has 0 amide bonds. The number of benzene rings is 1. The maximum Gasteiger partial charge on any atom is 0.133 e. The maximum atomic E-state index is 12.2. The first kappa shape index (κ1) is 20.9. The number of aryl methyl sites for hydroxylation is 1. The second-order valence-electron chi connectivity index (χ2n) is 7.61. The Labute approximate surface area is 158 Å². The van der Waals surface area contributed by atoms with E-state index in [4.69, 9.17) is 0 Å². The van der Waals surface area contributed by atoms with E-state index < -0.39 is 12.2 Å². The fraction of sp³-hybridized carbons (Fsp3) is 0.609. The summed E-state index contributed by atoms with van der Waals surface area (Å²) in [7, 11) is 0. The summed E-state index contributed by atoms with van der Waals surface area (Å²) in [6.45, 7) is 2.18. The molecule has 2 rings (SSSR count). The molecule has 0 spiro atoms. The van der Waals surface area contributed by atoms with Crippen molar-refractivity contribution in [1.29, 1.82) is 0 Å². The molecule has 0 saturated heterocycles. The third kappa shape index (κ3) is 6.69. The molecule has 4 atom stereocenters. The molecule has 26 heavy (non-hydrogen) atoms. The Hall–Kier alpha value is -1.45. The number of rotatable bonds is 11. The van der Waals surface area contributed by atoms with Gasteiger partial charge in [-0.05, 0) is 49.5 Å². The lowest BCUT2D eigenvalue weighted by Gasteiger charge is -2.22. The van der Waals surface area contributed by atoms with E-state index in [0.717, 1.165) is 19.3 Å². The number of carbonyl (C=O) groups is 1. The average Bonchev–Trinajstić information content (AvgIpc) is 2.91. The summed E-state index contributed by atoms with van der Waals surface area (Å²) in [6, 6.07) is 10.1. The zero-order chi connectivity index (χ0) is 18.8. The molecule has 1 aromatic rings. The number of ketones is 1. The van der Waals surface area contributed by atoms with Gasteiger partial charge in [0.15, 0.2) is 0 Å². The highest BCUT2D eigenvalue weighted by Crippen LogP contribution is 2.38. The number of aliphatic hydroxyl groups excluding tert-OH is 2. The molecule has 0 aliphatic heterocycles. The van der Waals surface area contributed by atoms with E-state index in [0.29, 0.717) is 25.7 Å². The largest absolute Gasteiger partial charge is 0.393 e. The molecule has 2 N–H and O–H groups in total. The third-order valence-corrected chi connectivity index (χ3v) is 5.61. The molecule has 0 aromatic heterocycles. The average molecular weight is 359 g/mol. The number of hydrogen-bond acceptors (Lipinski definition) is 3. The van der Waals surface area contributed by atoms with Gasteiger partial charge in [-0.15, -0.1) is 0 Å². The summed E-state index contributed by atoms with van der Waals surface area (Å²) in [5.74, 6) is 0.353. The Balaban J connectivity index is 1.77. The maximum absolute atomic E-state index is 12.2. The SMILES string of the molecule is CCCC/C=C\C[C@@H]1[C@@H](CCC(=O)CCc2ccccc2)[C@H](O)C[C@@H]1O. The van der Waals surface area contributed by atoms with Gasteiger partial charge in [0.1, 0.15) is 5.78 Å². The molecular formula is C23H34O3. The van der Waals surface area contributed by atoms with E-state index in [1.165, 1.54) is 18.4 Å². The summed E-state index contributed by atoms with van der Waals surface area (Å²) >= 11 is 0. The number of unbranched alkanes of at least 4 members (excludes halogenated alkanes) is 2. The standard InChI is InChI=1S/C23H34O3/c1-2-3-4-5-9-12-20-21(23(26)17-22(20)25)16-15-19(24)14-13-18-10-7-6-8-11-18/h5-11,20-23,25-26H,2-4,12-17H2,1H3/b9-5-/t20-,21-,22+,23-/m1/s1. The minimum atomic E-state index is -0.485. The minimum Gasteiger partial charge on any atom is -0.393 e. The summed E-state index contributed by atoms with van der Waals surface area (Å²) in [6.07, 6.45) is 10.6. The molecule has 0 heterocycles.